The van der Waals surface area contributed by atoms with E-state index in [1.54, 1.807) is 0 Å². The number of rotatable bonds is 41. The molecule has 0 heterocycles. The van der Waals surface area contributed by atoms with E-state index in [2.05, 4.69) is 13.8 Å². The topological polar surface area (TPSA) is 92.3 Å². The third kappa shape index (κ3) is 41.6. The lowest BCUT2D eigenvalue weighted by molar-refractivity contribution is -0.0264. The second-order valence-corrected chi connectivity index (χ2v) is 10.7. The van der Waals surface area contributed by atoms with E-state index in [4.69, 9.17) is 47.4 Å². The molecule has 0 aromatic rings. The Balaban J connectivity index is 3.03. The molecule has 10 heteroatoms. The molecule has 0 aliphatic rings. The second-order valence-electron chi connectivity index (χ2n) is 10.7. The van der Waals surface area contributed by atoms with E-state index < -0.39 is 0 Å². The van der Waals surface area contributed by atoms with Crippen molar-refractivity contribution in [1.82, 2.24) is 0 Å². The van der Waals surface area contributed by atoms with Crippen molar-refractivity contribution in [2.24, 2.45) is 0 Å². The van der Waals surface area contributed by atoms with Crippen molar-refractivity contribution >= 4 is 0 Å². The van der Waals surface area contributed by atoms with Crippen LogP contribution in [0.4, 0.5) is 0 Å². The van der Waals surface area contributed by atoms with Crippen molar-refractivity contribution in [1.29, 1.82) is 0 Å². The van der Waals surface area contributed by atoms with E-state index in [0.717, 1.165) is 26.1 Å². The molecule has 0 spiro atoms. The van der Waals surface area contributed by atoms with Crippen LogP contribution >= 0.6 is 0 Å². The van der Waals surface area contributed by atoms with Crippen molar-refractivity contribution in [2.75, 3.05) is 132 Å². The van der Waals surface area contributed by atoms with Gasteiger partial charge in [-0.25, -0.2) is 0 Å². The number of hydrogen-bond acceptors (Lipinski definition) is 10. The van der Waals surface area contributed by atoms with Crippen LogP contribution in [0.15, 0.2) is 0 Å². The third-order valence-corrected chi connectivity index (χ3v) is 6.63. The van der Waals surface area contributed by atoms with Gasteiger partial charge in [0.2, 0.25) is 0 Å². The second kappa shape index (κ2) is 42.6. The zero-order valence-corrected chi connectivity index (χ0v) is 28.7. The van der Waals surface area contributed by atoms with Crippen molar-refractivity contribution in [2.45, 2.75) is 90.9 Å². The predicted molar refractivity (Wildman–Crippen MR) is 175 cm³/mol. The van der Waals surface area contributed by atoms with Gasteiger partial charge in [0.15, 0.2) is 0 Å². The van der Waals surface area contributed by atoms with Crippen LogP contribution in [0.2, 0.25) is 0 Å². The minimum Gasteiger partial charge on any atom is -0.379 e. The zero-order chi connectivity index (χ0) is 31.7. The maximum atomic E-state index is 5.59. The maximum Gasteiger partial charge on any atom is 0.0701 e. The first-order valence-electron chi connectivity index (χ1n) is 17.7. The Kier molecular flexibility index (Phi) is 42.2. The molecular formula is C34H70O10. The first-order chi connectivity index (χ1) is 21.9. The van der Waals surface area contributed by atoms with Gasteiger partial charge in [0.05, 0.1) is 119 Å². The summed E-state index contributed by atoms with van der Waals surface area (Å²) in [6, 6.07) is 0. The first kappa shape index (κ1) is 43.6. The summed E-state index contributed by atoms with van der Waals surface area (Å²) in [6.45, 7) is 16.4. The molecule has 0 atom stereocenters. The summed E-state index contributed by atoms with van der Waals surface area (Å²) < 4.78 is 55.2. The van der Waals surface area contributed by atoms with E-state index in [1.807, 2.05) is 0 Å². The first-order valence-corrected chi connectivity index (χ1v) is 17.7. The van der Waals surface area contributed by atoms with Crippen LogP contribution in [-0.2, 0) is 47.4 Å². The van der Waals surface area contributed by atoms with Gasteiger partial charge in [-0.2, -0.15) is 0 Å². The van der Waals surface area contributed by atoms with E-state index >= 15 is 0 Å². The molecule has 0 aliphatic carbocycles. The third-order valence-electron chi connectivity index (χ3n) is 6.63. The fourth-order valence-corrected chi connectivity index (χ4v) is 4.05. The van der Waals surface area contributed by atoms with Crippen LogP contribution in [0.1, 0.15) is 90.9 Å². The van der Waals surface area contributed by atoms with E-state index in [0.29, 0.717) is 119 Å². The fourth-order valence-electron chi connectivity index (χ4n) is 4.05. The fraction of sp³-hybridized carbons (Fsp3) is 1.00. The highest BCUT2D eigenvalue weighted by Crippen LogP contribution is 2.05. The van der Waals surface area contributed by atoms with Crippen LogP contribution in [0, 0.1) is 0 Å². The highest BCUT2D eigenvalue weighted by Gasteiger charge is 1.97. The molecule has 0 saturated carbocycles. The Labute approximate surface area is 270 Å². The van der Waals surface area contributed by atoms with Gasteiger partial charge in [0, 0.05) is 13.2 Å². The van der Waals surface area contributed by atoms with Crippen molar-refractivity contribution in [3.05, 3.63) is 0 Å². The highest BCUT2D eigenvalue weighted by atomic mass is 16.6. The Morgan fingerprint density at radius 1 is 0.182 bits per heavy atom. The Morgan fingerprint density at radius 3 is 0.545 bits per heavy atom. The molecule has 0 aromatic heterocycles. The monoisotopic (exact) mass is 638 g/mol. The van der Waals surface area contributed by atoms with Crippen molar-refractivity contribution < 1.29 is 47.4 Å². The molecular weight excluding hydrogens is 568 g/mol. The standard InChI is InChI=1S/C34H70O10/c1-3-5-7-9-11-13-15-35-17-19-37-21-23-39-25-27-41-29-31-43-33-34-44-32-30-42-28-26-40-24-22-38-20-18-36-16-14-12-10-8-6-4-2/h3-34H2,1-2H3. The molecule has 0 saturated heterocycles. The zero-order valence-electron chi connectivity index (χ0n) is 28.7. The van der Waals surface area contributed by atoms with E-state index in [-0.39, 0.29) is 0 Å². The van der Waals surface area contributed by atoms with Gasteiger partial charge in [-0.15, -0.1) is 0 Å². The number of unbranched alkanes of at least 4 members (excludes halogenated alkanes) is 10. The van der Waals surface area contributed by atoms with Gasteiger partial charge in [0.25, 0.3) is 0 Å². The van der Waals surface area contributed by atoms with Crippen LogP contribution in [-0.4, -0.2) is 132 Å². The summed E-state index contributed by atoms with van der Waals surface area (Å²) in [5.74, 6) is 0. The summed E-state index contributed by atoms with van der Waals surface area (Å²) >= 11 is 0. The van der Waals surface area contributed by atoms with Gasteiger partial charge in [0.1, 0.15) is 0 Å². The van der Waals surface area contributed by atoms with Crippen LogP contribution in [0.25, 0.3) is 0 Å². The Bertz CT molecular complexity index is 445. The molecule has 0 aromatic carbocycles. The molecule has 0 unspecified atom stereocenters. The van der Waals surface area contributed by atoms with Gasteiger partial charge < -0.3 is 47.4 Å². The Hall–Kier alpha value is -0.400. The molecule has 0 radical (unpaired) electrons. The molecule has 0 bridgehead atoms. The Morgan fingerprint density at radius 2 is 0.341 bits per heavy atom. The lowest BCUT2D eigenvalue weighted by Gasteiger charge is -2.09. The molecule has 0 N–H and O–H groups in total. The quantitative estimate of drug-likeness (QED) is 0.0757. The van der Waals surface area contributed by atoms with Crippen molar-refractivity contribution in [3.8, 4) is 0 Å². The van der Waals surface area contributed by atoms with Crippen LogP contribution < -0.4 is 0 Å². The summed E-state index contributed by atoms with van der Waals surface area (Å²) in [5, 5.41) is 0. The molecule has 0 fully saturated rings. The lowest BCUT2D eigenvalue weighted by atomic mass is 10.1. The molecule has 0 amide bonds. The van der Waals surface area contributed by atoms with Crippen LogP contribution in [0.5, 0.6) is 0 Å². The minimum absolute atomic E-state index is 0.535. The van der Waals surface area contributed by atoms with Gasteiger partial charge in [-0.1, -0.05) is 78.1 Å². The van der Waals surface area contributed by atoms with Gasteiger partial charge in [-0.3, -0.25) is 0 Å². The van der Waals surface area contributed by atoms with E-state index in [9.17, 15) is 0 Å². The van der Waals surface area contributed by atoms with Crippen LogP contribution in [0.3, 0.4) is 0 Å². The molecule has 44 heavy (non-hydrogen) atoms. The van der Waals surface area contributed by atoms with Gasteiger partial charge >= 0.3 is 0 Å². The minimum atomic E-state index is 0.535. The molecule has 0 rings (SSSR count). The van der Waals surface area contributed by atoms with Gasteiger partial charge in [-0.05, 0) is 12.8 Å². The summed E-state index contributed by atoms with van der Waals surface area (Å²) in [4.78, 5) is 0. The summed E-state index contributed by atoms with van der Waals surface area (Å²) in [6.07, 6.45) is 15.4. The van der Waals surface area contributed by atoms with E-state index in [1.165, 1.54) is 64.2 Å². The SMILES string of the molecule is CCCCCCCCOCCOCCOCCOCCOCCOCCOCCOCCOCCOCCCCCCCC. The summed E-state index contributed by atoms with van der Waals surface area (Å²) in [5.41, 5.74) is 0. The average Bonchev–Trinajstić information content (AvgIpc) is 3.04. The number of hydrogen-bond donors (Lipinski definition) is 0. The largest absolute Gasteiger partial charge is 0.379 e. The normalized spacial score (nSPS) is 11.6. The smallest absolute Gasteiger partial charge is 0.0701 e. The molecule has 10 nitrogen and oxygen atoms in total. The molecule has 266 valence electrons. The van der Waals surface area contributed by atoms with Crippen molar-refractivity contribution in [3.63, 3.8) is 0 Å². The molecule has 0 aliphatic heterocycles. The highest BCUT2D eigenvalue weighted by molar-refractivity contribution is 4.45. The average molecular weight is 639 g/mol. The number of ether oxygens (including phenoxy) is 10. The summed E-state index contributed by atoms with van der Waals surface area (Å²) in [7, 11) is 0. The lowest BCUT2D eigenvalue weighted by Crippen LogP contribution is -2.15. The predicted octanol–water partition coefficient (Wildman–Crippen LogP) is 5.87. The maximum absolute atomic E-state index is 5.59.